The molecule has 0 fully saturated rings. The molecule has 0 amide bonds. The van der Waals surface area contributed by atoms with Crippen molar-refractivity contribution in [3.63, 3.8) is 0 Å². The molecule has 7 aromatic carbocycles. The fourth-order valence-electron chi connectivity index (χ4n) is 6.30. The Bertz CT molecular complexity index is 3350. The van der Waals surface area contributed by atoms with E-state index < -0.39 is 54.4 Å². The van der Waals surface area contributed by atoms with Gasteiger partial charge in [0.25, 0.3) is 0 Å². The maximum absolute atomic E-state index is 9.28. The lowest BCUT2D eigenvalue weighted by atomic mass is 9.97. The highest BCUT2D eigenvalue weighted by atomic mass is 32.1. The number of nitrogens with zero attached hydrogens (tertiary/aromatic N) is 3. The van der Waals surface area contributed by atoms with Crippen molar-refractivity contribution in [2.24, 2.45) is 0 Å². The molecule has 224 valence electrons. The van der Waals surface area contributed by atoms with Gasteiger partial charge in [0.1, 0.15) is 11.2 Å². The summed E-state index contributed by atoms with van der Waals surface area (Å²) in [5, 5.41) is 1.83. The van der Waals surface area contributed by atoms with Crippen molar-refractivity contribution < 1.29 is 16.8 Å². The van der Waals surface area contributed by atoms with E-state index in [1.165, 1.54) is 0 Å². The van der Waals surface area contributed by atoms with Crippen molar-refractivity contribution in [1.82, 2.24) is 15.0 Å². The van der Waals surface area contributed by atoms with Gasteiger partial charge in [0.2, 0.25) is 0 Å². The number of thiophene rings is 1. The molecule has 0 radical (unpaired) electrons. The van der Waals surface area contributed by atoms with E-state index in [0.29, 0.717) is 11.1 Å². The SMILES string of the molecule is [2H]c1c([2H])c(-c2nc(-c3ccccc3)nc(-c3cc(-c4ccccc4)c4c(c3)sc3ccccc34)n2)c2c(oc3c4c([2H])c([2H])c([2H])c([2H])c4c([2H])c([2H])c32)c1[2H]. The average molecular weight is 641 g/mol. The first kappa shape index (κ1) is 19.5. The lowest BCUT2D eigenvalue weighted by molar-refractivity contribution is 0.672. The fourth-order valence-corrected chi connectivity index (χ4v) is 7.47. The van der Waals surface area contributed by atoms with Crippen molar-refractivity contribution >= 4 is 64.2 Å². The molecule has 0 bridgehead atoms. The monoisotopic (exact) mass is 640 g/mol. The third kappa shape index (κ3) is 4.25. The van der Waals surface area contributed by atoms with Gasteiger partial charge in [-0.3, -0.25) is 0 Å². The van der Waals surface area contributed by atoms with Gasteiger partial charge in [-0.1, -0.05) is 121 Å². The van der Waals surface area contributed by atoms with Crippen molar-refractivity contribution in [3.8, 4) is 45.3 Å². The van der Waals surface area contributed by atoms with Crippen molar-refractivity contribution in [2.75, 3.05) is 0 Å². The third-order valence-electron chi connectivity index (χ3n) is 8.46. The number of hydrogen-bond donors (Lipinski definition) is 0. The number of rotatable bonds is 4. The number of fused-ring (bicyclic) bond motifs is 8. The third-order valence-corrected chi connectivity index (χ3v) is 9.58. The van der Waals surface area contributed by atoms with E-state index in [9.17, 15) is 2.74 Å². The molecular weight excluding hydrogens is 607 g/mol. The topological polar surface area (TPSA) is 51.8 Å². The largest absolute Gasteiger partial charge is 0.455 e. The molecule has 3 aromatic heterocycles. The highest BCUT2D eigenvalue weighted by molar-refractivity contribution is 7.26. The summed E-state index contributed by atoms with van der Waals surface area (Å²) >= 11 is 1.65. The predicted octanol–water partition coefficient (Wildman–Crippen LogP) is 12.0. The zero-order valence-corrected chi connectivity index (χ0v) is 25.7. The molecule has 0 unspecified atom stereocenters. The predicted molar refractivity (Wildman–Crippen MR) is 199 cm³/mol. The molecule has 0 aliphatic heterocycles. The summed E-state index contributed by atoms with van der Waals surface area (Å²) < 4.78 is 87.5. The summed E-state index contributed by atoms with van der Waals surface area (Å²) in [6.45, 7) is 0. The molecule has 0 saturated carbocycles. The van der Waals surface area contributed by atoms with Gasteiger partial charge in [-0.15, -0.1) is 11.3 Å². The van der Waals surface area contributed by atoms with E-state index in [0.717, 1.165) is 31.3 Å². The maximum atomic E-state index is 9.28. The van der Waals surface area contributed by atoms with Crippen molar-refractivity contribution in [2.45, 2.75) is 0 Å². The Labute approximate surface area is 292 Å². The Morgan fingerprint density at radius 3 is 2.08 bits per heavy atom. The normalized spacial score (nSPS) is 14.4. The quantitative estimate of drug-likeness (QED) is 0.192. The maximum Gasteiger partial charge on any atom is 0.164 e. The van der Waals surface area contributed by atoms with Crippen LogP contribution in [0.4, 0.5) is 0 Å². The number of hydrogen-bond acceptors (Lipinski definition) is 5. The van der Waals surface area contributed by atoms with Crippen LogP contribution in [0.1, 0.15) is 12.3 Å². The van der Waals surface area contributed by atoms with Gasteiger partial charge >= 0.3 is 0 Å². The Morgan fingerprint density at radius 1 is 0.500 bits per heavy atom. The van der Waals surface area contributed by atoms with Crippen LogP contribution in [0.25, 0.3) is 98.2 Å². The first-order chi connectivity index (χ1) is 27.5. The van der Waals surface area contributed by atoms with Gasteiger partial charge in [-0.2, -0.15) is 0 Å². The molecule has 0 saturated heterocycles. The zero-order chi connectivity index (χ0) is 39.4. The van der Waals surface area contributed by atoms with E-state index in [2.05, 4.69) is 12.1 Å². The van der Waals surface area contributed by atoms with E-state index in [4.69, 9.17) is 29.0 Å². The lowest BCUT2D eigenvalue weighted by Gasteiger charge is -2.11. The zero-order valence-electron chi connectivity index (χ0n) is 33.9. The van der Waals surface area contributed by atoms with Crippen LogP contribution in [0.2, 0.25) is 0 Å². The molecule has 0 spiro atoms. The average Bonchev–Trinajstić information content (AvgIpc) is 3.82. The first-order valence-electron chi connectivity index (χ1n) is 19.7. The smallest absolute Gasteiger partial charge is 0.164 e. The van der Waals surface area contributed by atoms with Crippen LogP contribution in [0.5, 0.6) is 0 Å². The molecular formula is C43H25N3OS. The van der Waals surface area contributed by atoms with E-state index in [1.54, 1.807) is 11.3 Å². The molecule has 10 aromatic rings. The molecule has 48 heavy (non-hydrogen) atoms. The molecule has 0 aliphatic rings. The van der Waals surface area contributed by atoms with Crippen LogP contribution in [0.15, 0.2) is 156 Å². The van der Waals surface area contributed by atoms with E-state index in [1.807, 2.05) is 84.9 Å². The van der Waals surface area contributed by atoms with Crippen LogP contribution in [0, 0.1) is 0 Å². The summed E-state index contributed by atoms with van der Waals surface area (Å²) in [4.78, 5) is 14.8. The molecule has 0 N–H and O–H groups in total. The Kier molecular flexibility index (Phi) is 4.34. The Morgan fingerprint density at radius 2 is 1.23 bits per heavy atom. The second-order valence-corrected chi connectivity index (χ2v) is 12.4. The number of aromatic nitrogens is 3. The van der Waals surface area contributed by atoms with Gasteiger partial charge < -0.3 is 4.42 Å². The standard InChI is InChI=1S/C43H25N3OS/c1-3-12-26(13-4-1)34-24-29(25-37-39(34)31-18-9-10-21-36(31)48-37)42-44-41(28-15-5-2-6-16-28)45-43(46-42)33-19-11-20-35-38(33)32-23-22-27-14-7-8-17-30(27)40(32)47-35/h1-25H/i7D,8D,11D,14D,17D,19D,20D,22D,23D. The minimum Gasteiger partial charge on any atom is -0.455 e. The van der Waals surface area contributed by atoms with Crippen LogP contribution in [0.3, 0.4) is 0 Å². The number of benzene rings is 7. The highest BCUT2D eigenvalue weighted by Gasteiger charge is 2.20. The van der Waals surface area contributed by atoms with Crippen LogP contribution in [-0.4, -0.2) is 15.0 Å². The van der Waals surface area contributed by atoms with Crippen molar-refractivity contribution in [1.29, 1.82) is 0 Å². The summed E-state index contributed by atoms with van der Waals surface area (Å²) in [6, 6.07) is 27.2. The minimum atomic E-state index is -0.560. The minimum absolute atomic E-state index is 0.0184. The Balaban J connectivity index is 1.34. The van der Waals surface area contributed by atoms with Gasteiger partial charge in [0.15, 0.2) is 17.5 Å². The van der Waals surface area contributed by atoms with Gasteiger partial charge in [-0.05, 0) is 46.8 Å². The summed E-state index contributed by atoms with van der Waals surface area (Å²) in [5.74, 6) is 0.495. The van der Waals surface area contributed by atoms with E-state index in [-0.39, 0.29) is 55.7 Å². The van der Waals surface area contributed by atoms with Gasteiger partial charge in [-0.25, -0.2) is 15.0 Å². The van der Waals surface area contributed by atoms with Crippen LogP contribution < -0.4 is 0 Å². The summed E-state index contributed by atoms with van der Waals surface area (Å²) in [5.41, 5.74) is 2.88. The first-order valence-corrected chi connectivity index (χ1v) is 16.0. The van der Waals surface area contributed by atoms with Crippen LogP contribution in [-0.2, 0) is 0 Å². The fraction of sp³-hybridized carbons (Fsp3) is 0. The van der Waals surface area contributed by atoms with Crippen molar-refractivity contribution in [3.05, 3.63) is 151 Å². The van der Waals surface area contributed by atoms with Gasteiger partial charge in [0.05, 0.1) is 12.3 Å². The second-order valence-electron chi connectivity index (χ2n) is 11.3. The second kappa shape index (κ2) is 10.7. The van der Waals surface area contributed by atoms with E-state index >= 15 is 0 Å². The molecule has 0 atom stereocenters. The van der Waals surface area contributed by atoms with Gasteiger partial charge in [0, 0.05) is 53.0 Å². The molecule has 3 heterocycles. The lowest BCUT2D eigenvalue weighted by Crippen LogP contribution is -2.00. The highest BCUT2D eigenvalue weighted by Crippen LogP contribution is 2.43. The Hall–Kier alpha value is -6.17. The summed E-state index contributed by atoms with van der Waals surface area (Å²) in [7, 11) is 0. The molecule has 4 nitrogen and oxygen atoms in total. The number of furan rings is 1. The molecule has 0 aliphatic carbocycles. The molecule has 10 rings (SSSR count). The van der Waals surface area contributed by atoms with Crippen LogP contribution >= 0.6 is 11.3 Å². The summed E-state index contributed by atoms with van der Waals surface area (Å²) in [6.07, 6.45) is 0. The molecule has 5 heteroatoms.